The number of ether oxygens (including phenoxy) is 4. The van der Waals surface area contributed by atoms with E-state index in [1.165, 1.54) is 0 Å². The molecule has 1 aromatic carbocycles. The van der Waals surface area contributed by atoms with Crippen molar-refractivity contribution in [1.82, 2.24) is 19.5 Å². The monoisotopic (exact) mass is 671 g/mol. The first-order valence-corrected chi connectivity index (χ1v) is 21.0. The average Bonchev–Trinajstić information content (AvgIpc) is 3.65. The van der Waals surface area contributed by atoms with Crippen LogP contribution in [0, 0.1) is 0 Å². The third kappa shape index (κ3) is 7.35. The fourth-order valence-electron chi connectivity index (χ4n) is 5.29. The lowest BCUT2D eigenvalue weighted by Gasteiger charge is -2.19. The molecule has 2 saturated heterocycles. The molecule has 5 atom stereocenters. The van der Waals surface area contributed by atoms with E-state index in [4.69, 9.17) is 40.5 Å². The molecule has 0 aliphatic carbocycles. The van der Waals surface area contributed by atoms with Gasteiger partial charge < -0.3 is 28.8 Å². The Morgan fingerprint density at radius 2 is 1.84 bits per heavy atom. The van der Waals surface area contributed by atoms with Crippen LogP contribution in [-0.4, -0.2) is 93.3 Å². The van der Waals surface area contributed by atoms with Crippen LogP contribution in [0.5, 0.6) is 6.01 Å². The number of benzene rings is 1. The zero-order chi connectivity index (χ0) is 31.9. The summed E-state index contributed by atoms with van der Waals surface area (Å²) in [6, 6.07) is 14.4. The normalized spacial score (nSPS) is 22.8. The number of pyridine rings is 2. The fraction of sp³-hybridized carbons (Fsp3) is 0.419. The van der Waals surface area contributed by atoms with E-state index in [-0.39, 0.29) is 26.0 Å². The van der Waals surface area contributed by atoms with Crippen LogP contribution >= 0.6 is 11.6 Å². The first-order chi connectivity index (χ1) is 21.3. The predicted molar refractivity (Wildman–Crippen MR) is 180 cm³/mol. The Hall–Kier alpha value is -3.04. The van der Waals surface area contributed by atoms with Crippen LogP contribution in [0.1, 0.15) is 0 Å². The van der Waals surface area contributed by atoms with E-state index in [2.05, 4.69) is 35.2 Å². The second-order valence-electron chi connectivity index (χ2n) is 12.8. The summed E-state index contributed by atoms with van der Waals surface area (Å²) in [7, 11) is -3.66. The van der Waals surface area contributed by atoms with E-state index in [0.717, 1.165) is 28.6 Å². The van der Waals surface area contributed by atoms with Gasteiger partial charge in [0.2, 0.25) is 0 Å². The minimum Gasteiger partial charge on any atom is -0.456 e. The Kier molecular flexibility index (Phi) is 8.96. The fourth-order valence-corrected chi connectivity index (χ4v) is 6.94. The minimum absolute atomic E-state index is 0.193. The highest BCUT2D eigenvalue weighted by molar-refractivity contribution is 8.00. The summed E-state index contributed by atoms with van der Waals surface area (Å²) in [5.41, 5.74) is 4.81. The molecule has 2 aliphatic heterocycles. The van der Waals surface area contributed by atoms with Gasteiger partial charge in [0.15, 0.2) is 11.8 Å². The highest BCUT2D eigenvalue weighted by Gasteiger charge is 2.49. The van der Waals surface area contributed by atoms with E-state index >= 15 is 0 Å². The van der Waals surface area contributed by atoms with Crippen LogP contribution in [0.2, 0.25) is 30.7 Å². The lowest BCUT2D eigenvalue weighted by molar-refractivity contribution is 0.00336. The Balaban J connectivity index is 1.28. The van der Waals surface area contributed by atoms with Crippen LogP contribution in [-0.2, 0) is 30.6 Å². The SMILES string of the molecule is C=S(C)(=O)Nc1ccc(-c2ccc(-c3nc4c(cc3Cl)nc(O[C@@H]3CO[C@H]5[C@@H]3OC[C@H]5O)n4COCC[Si](C)(C)C)cn2)cc1. The molecule has 6 rings (SSSR count). The van der Waals surface area contributed by atoms with E-state index < -0.39 is 36.1 Å². The number of hydrogen-bond donors (Lipinski definition) is 2. The van der Waals surface area contributed by atoms with Crippen molar-refractivity contribution in [1.29, 1.82) is 0 Å². The lowest BCUT2D eigenvalue weighted by Crippen LogP contribution is -2.35. The van der Waals surface area contributed by atoms with Crippen molar-refractivity contribution >= 4 is 52.1 Å². The lowest BCUT2D eigenvalue weighted by atomic mass is 10.1. The minimum atomic E-state index is -2.36. The maximum Gasteiger partial charge on any atom is 0.301 e. The van der Waals surface area contributed by atoms with Gasteiger partial charge in [-0.1, -0.05) is 43.4 Å². The molecule has 2 fully saturated rings. The van der Waals surface area contributed by atoms with E-state index in [1.54, 1.807) is 23.1 Å². The third-order valence-corrected chi connectivity index (χ3v) is 10.3. The molecule has 1 unspecified atom stereocenters. The standard InChI is InChI=1S/C31H38ClN5O6SSi/c1-44(2,39)36-21-9-6-19(7-10-21)23-11-8-20(15-33-23)27-22(32)14-24-30(35-27)37(18-40-12-13-45(3,4)5)31(34-24)43-26-17-42-28-25(38)16-41-29(26)28/h6-11,14-15,25-26,28-29,38H,1,12-13,16-18H2,2-5H3,(H,36,39)/t25-,26-,28-,29-,44?/m1/s1. The van der Waals surface area contributed by atoms with Gasteiger partial charge in [-0.25, -0.2) is 9.19 Å². The van der Waals surface area contributed by atoms with E-state index in [0.29, 0.717) is 34.5 Å². The van der Waals surface area contributed by atoms with Crippen molar-refractivity contribution in [2.24, 2.45) is 0 Å². The summed E-state index contributed by atoms with van der Waals surface area (Å²) < 4.78 is 40.6. The number of anilines is 1. The quantitative estimate of drug-likeness (QED) is 0.132. The van der Waals surface area contributed by atoms with Crippen LogP contribution in [0.15, 0.2) is 48.7 Å². The molecule has 0 saturated carbocycles. The van der Waals surface area contributed by atoms with Gasteiger partial charge in [-0.05, 0) is 42.2 Å². The van der Waals surface area contributed by atoms with Gasteiger partial charge >= 0.3 is 6.01 Å². The summed E-state index contributed by atoms with van der Waals surface area (Å²) in [5, 5.41) is 10.6. The van der Waals surface area contributed by atoms with Crippen LogP contribution in [0.4, 0.5) is 5.69 Å². The van der Waals surface area contributed by atoms with Crippen molar-refractivity contribution in [3.05, 3.63) is 53.7 Å². The van der Waals surface area contributed by atoms with Crippen molar-refractivity contribution < 1.29 is 28.3 Å². The van der Waals surface area contributed by atoms with Gasteiger partial charge in [-0.3, -0.25) is 9.55 Å². The smallest absolute Gasteiger partial charge is 0.301 e. The largest absolute Gasteiger partial charge is 0.456 e. The Morgan fingerprint density at radius 1 is 1.11 bits per heavy atom. The Bertz CT molecular complexity index is 1780. The second-order valence-corrected chi connectivity index (χ2v) is 21.0. The molecule has 11 nitrogen and oxygen atoms in total. The molecule has 0 spiro atoms. The number of fused-ring (bicyclic) bond motifs is 2. The predicted octanol–water partition coefficient (Wildman–Crippen LogP) is 4.71. The Labute approximate surface area is 269 Å². The van der Waals surface area contributed by atoms with Gasteiger partial charge in [0.25, 0.3) is 0 Å². The molecular formula is C31H38ClN5O6SSi. The maximum atomic E-state index is 12.0. The molecule has 0 bridgehead atoms. The first kappa shape index (κ1) is 31.9. The van der Waals surface area contributed by atoms with Gasteiger partial charge in [-0.15, -0.1) is 0 Å². The summed E-state index contributed by atoms with van der Waals surface area (Å²) in [6.07, 6.45) is 1.36. The number of nitrogens with zero attached hydrogens (tertiary/aromatic N) is 4. The average molecular weight is 672 g/mol. The summed E-state index contributed by atoms with van der Waals surface area (Å²) in [4.78, 5) is 14.3. The van der Waals surface area contributed by atoms with Crippen LogP contribution in [0.3, 0.4) is 0 Å². The number of aromatic nitrogens is 4. The molecule has 240 valence electrons. The number of rotatable bonds is 11. The Morgan fingerprint density at radius 3 is 2.53 bits per heavy atom. The molecule has 2 aliphatic rings. The number of nitrogens with one attached hydrogen (secondary N) is 1. The molecule has 14 heteroatoms. The van der Waals surface area contributed by atoms with Gasteiger partial charge in [-0.2, -0.15) is 4.98 Å². The van der Waals surface area contributed by atoms with Crippen molar-refractivity contribution in [2.75, 3.05) is 30.8 Å². The molecule has 0 radical (unpaired) electrons. The van der Waals surface area contributed by atoms with Gasteiger partial charge in [0.1, 0.15) is 30.6 Å². The van der Waals surface area contributed by atoms with E-state index in [9.17, 15) is 9.32 Å². The summed E-state index contributed by atoms with van der Waals surface area (Å²) in [5.74, 6) is 3.63. The van der Waals surface area contributed by atoms with Crippen LogP contribution < -0.4 is 9.46 Å². The van der Waals surface area contributed by atoms with Gasteiger partial charge in [0, 0.05) is 53.7 Å². The van der Waals surface area contributed by atoms with Crippen LogP contribution in [0.25, 0.3) is 33.7 Å². The highest BCUT2D eigenvalue weighted by atomic mass is 35.5. The first-order valence-electron chi connectivity index (χ1n) is 14.7. The van der Waals surface area contributed by atoms with Crippen molar-refractivity contribution in [3.8, 4) is 28.5 Å². The molecule has 0 amide bonds. The highest BCUT2D eigenvalue weighted by Crippen LogP contribution is 2.34. The molecule has 45 heavy (non-hydrogen) atoms. The van der Waals surface area contributed by atoms with Gasteiger partial charge in [0.05, 0.1) is 29.6 Å². The summed E-state index contributed by atoms with van der Waals surface area (Å²) in [6.45, 7) is 8.20. The molecule has 5 heterocycles. The number of aliphatic hydroxyl groups is 1. The zero-order valence-corrected chi connectivity index (χ0v) is 28.3. The zero-order valence-electron chi connectivity index (χ0n) is 25.7. The van der Waals surface area contributed by atoms with Crippen molar-refractivity contribution in [3.63, 3.8) is 0 Å². The molecule has 2 N–H and O–H groups in total. The van der Waals surface area contributed by atoms with Crippen molar-refractivity contribution in [2.45, 2.75) is 56.8 Å². The third-order valence-electron chi connectivity index (χ3n) is 7.65. The number of imidazole rings is 1. The molecule has 3 aromatic heterocycles. The number of halogens is 1. The summed E-state index contributed by atoms with van der Waals surface area (Å²) >= 11 is 6.75. The van der Waals surface area contributed by atoms with E-state index in [1.807, 2.05) is 36.4 Å². The molecule has 4 aromatic rings. The molecular weight excluding hydrogens is 634 g/mol. The topological polar surface area (TPSA) is 130 Å². The second kappa shape index (κ2) is 12.6. The maximum absolute atomic E-state index is 12.0. The number of aliphatic hydroxyl groups excluding tert-OH is 1. The number of hydrogen-bond acceptors (Lipinski definition) is 9.